The molecule has 31 heavy (non-hydrogen) atoms. The molecule has 0 aliphatic carbocycles. The van der Waals surface area contributed by atoms with Gasteiger partial charge in [0.2, 0.25) is 10.0 Å². The minimum absolute atomic E-state index is 0.0202. The van der Waals surface area contributed by atoms with Crippen LogP contribution in [0.5, 0.6) is 0 Å². The predicted octanol–water partition coefficient (Wildman–Crippen LogP) is 2.42. The zero-order valence-electron chi connectivity index (χ0n) is 16.4. The summed E-state index contributed by atoms with van der Waals surface area (Å²) in [4.78, 5) is 23.1. The second-order valence-electron chi connectivity index (χ2n) is 6.60. The number of carbonyl (C=O) groups is 1. The molecule has 1 aliphatic heterocycles. The highest BCUT2D eigenvalue weighted by molar-refractivity contribution is 7.89. The zero-order chi connectivity index (χ0) is 22.6. The molecule has 0 bridgehead atoms. The van der Waals surface area contributed by atoms with Crippen molar-refractivity contribution in [3.63, 3.8) is 0 Å². The Morgan fingerprint density at radius 2 is 1.94 bits per heavy atom. The van der Waals surface area contributed by atoms with E-state index in [0.29, 0.717) is 13.2 Å². The van der Waals surface area contributed by atoms with Crippen molar-refractivity contribution in [2.45, 2.75) is 11.8 Å². The number of carbonyl (C=O) groups excluding carboxylic acids is 1. The Labute approximate surface area is 183 Å². The largest absolute Gasteiger partial charge is 0.379 e. The van der Waals surface area contributed by atoms with Gasteiger partial charge in [-0.2, -0.15) is 9.41 Å². The van der Waals surface area contributed by atoms with E-state index >= 15 is 0 Å². The lowest BCUT2D eigenvalue weighted by Gasteiger charge is -2.26. The van der Waals surface area contributed by atoms with Crippen molar-refractivity contribution in [1.82, 2.24) is 9.73 Å². The third-order valence-electron chi connectivity index (χ3n) is 4.57. The highest BCUT2D eigenvalue weighted by Crippen LogP contribution is 2.23. The van der Waals surface area contributed by atoms with Crippen LogP contribution < -0.4 is 5.43 Å². The molecule has 1 heterocycles. The standard InChI is InChI=1S/C19H19ClN4O6S/c1-13(17-12-15(20)5-6-18(17)24(26)27)21-22-19(25)14-3-2-4-16(11-14)31(28,29)23-7-9-30-10-8-23/h2-6,11-12H,7-10H2,1H3,(H,22,25)/b21-13-. The summed E-state index contributed by atoms with van der Waals surface area (Å²) in [6, 6.07) is 9.58. The molecule has 3 rings (SSSR count). The Morgan fingerprint density at radius 3 is 2.61 bits per heavy atom. The van der Waals surface area contributed by atoms with E-state index in [-0.39, 0.29) is 45.5 Å². The summed E-state index contributed by atoms with van der Waals surface area (Å²) in [7, 11) is -3.76. The molecule has 0 radical (unpaired) electrons. The van der Waals surface area contributed by atoms with Crippen LogP contribution in [0.15, 0.2) is 52.5 Å². The van der Waals surface area contributed by atoms with Gasteiger partial charge in [0.15, 0.2) is 0 Å². The molecule has 0 saturated carbocycles. The van der Waals surface area contributed by atoms with Gasteiger partial charge in [0.05, 0.1) is 34.3 Å². The Morgan fingerprint density at radius 1 is 1.23 bits per heavy atom. The van der Waals surface area contributed by atoms with Crippen molar-refractivity contribution >= 4 is 38.9 Å². The number of hydrazone groups is 1. The van der Waals surface area contributed by atoms with Gasteiger partial charge in [0, 0.05) is 29.7 Å². The first-order valence-corrected chi connectivity index (χ1v) is 11.0. The van der Waals surface area contributed by atoms with Gasteiger partial charge in [-0.3, -0.25) is 14.9 Å². The summed E-state index contributed by atoms with van der Waals surface area (Å²) in [6.07, 6.45) is 0. The number of nitro groups is 1. The van der Waals surface area contributed by atoms with Crippen LogP contribution in [0, 0.1) is 10.1 Å². The summed E-state index contributed by atoms with van der Waals surface area (Å²) < 4.78 is 32.0. The molecule has 12 heteroatoms. The van der Waals surface area contributed by atoms with Crippen LogP contribution >= 0.6 is 11.6 Å². The lowest BCUT2D eigenvalue weighted by atomic mass is 10.1. The monoisotopic (exact) mass is 466 g/mol. The van der Waals surface area contributed by atoms with E-state index < -0.39 is 20.9 Å². The number of hydrogen-bond acceptors (Lipinski definition) is 7. The van der Waals surface area contributed by atoms with Gasteiger partial charge in [-0.1, -0.05) is 17.7 Å². The van der Waals surface area contributed by atoms with Crippen LogP contribution in [0.3, 0.4) is 0 Å². The fourth-order valence-electron chi connectivity index (χ4n) is 2.95. The molecule has 0 spiro atoms. The maximum Gasteiger partial charge on any atom is 0.278 e. The summed E-state index contributed by atoms with van der Waals surface area (Å²) in [5.74, 6) is -0.664. The van der Waals surface area contributed by atoms with Crippen molar-refractivity contribution in [3.8, 4) is 0 Å². The SMILES string of the molecule is C/C(=N/NC(=O)c1cccc(S(=O)(=O)N2CCOCC2)c1)c1cc(Cl)ccc1[N+](=O)[O-]. The van der Waals surface area contributed by atoms with E-state index in [2.05, 4.69) is 10.5 Å². The van der Waals surface area contributed by atoms with Crippen LogP contribution in [0.2, 0.25) is 5.02 Å². The van der Waals surface area contributed by atoms with Gasteiger partial charge < -0.3 is 4.74 Å². The van der Waals surface area contributed by atoms with E-state index in [4.69, 9.17) is 16.3 Å². The van der Waals surface area contributed by atoms with E-state index in [1.807, 2.05) is 0 Å². The highest BCUT2D eigenvalue weighted by Gasteiger charge is 2.27. The normalized spacial score (nSPS) is 15.5. The van der Waals surface area contributed by atoms with Crippen LogP contribution in [0.1, 0.15) is 22.8 Å². The third-order valence-corrected chi connectivity index (χ3v) is 6.70. The van der Waals surface area contributed by atoms with Crippen LogP contribution in [-0.2, 0) is 14.8 Å². The van der Waals surface area contributed by atoms with E-state index in [1.165, 1.54) is 53.7 Å². The average Bonchev–Trinajstić information content (AvgIpc) is 2.77. The zero-order valence-corrected chi connectivity index (χ0v) is 18.0. The maximum absolute atomic E-state index is 12.8. The predicted molar refractivity (Wildman–Crippen MR) is 114 cm³/mol. The molecule has 0 unspecified atom stereocenters. The van der Waals surface area contributed by atoms with Gasteiger partial charge in [-0.15, -0.1) is 0 Å². The quantitative estimate of drug-likeness (QED) is 0.395. The number of halogens is 1. The van der Waals surface area contributed by atoms with Crippen molar-refractivity contribution in [2.24, 2.45) is 5.10 Å². The van der Waals surface area contributed by atoms with Gasteiger partial charge >= 0.3 is 0 Å². The van der Waals surface area contributed by atoms with E-state index in [1.54, 1.807) is 0 Å². The fraction of sp³-hybridized carbons (Fsp3) is 0.263. The number of nitrogens with one attached hydrogen (secondary N) is 1. The number of nitrogens with zero attached hydrogens (tertiary/aromatic N) is 3. The number of nitro benzene ring substituents is 1. The molecule has 1 amide bonds. The Bertz CT molecular complexity index is 1150. The van der Waals surface area contributed by atoms with Gasteiger partial charge in [-0.05, 0) is 37.3 Å². The number of sulfonamides is 1. The molecule has 2 aromatic carbocycles. The van der Waals surface area contributed by atoms with Crippen LogP contribution in [0.4, 0.5) is 5.69 Å². The highest BCUT2D eigenvalue weighted by atomic mass is 35.5. The molecule has 10 nitrogen and oxygen atoms in total. The molecule has 1 aliphatic rings. The summed E-state index contributed by atoms with van der Waals surface area (Å²) >= 11 is 5.91. The van der Waals surface area contributed by atoms with Crippen molar-refractivity contribution in [1.29, 1.82) is 0 Å². The smallest absolute Gasteiger partial charge is 0.278 e. The lowest BCUT2D eigenvalue weighted by molar-refractivity contribution is -0.385. The Hall–Kier alpha value is -2.86. The number of rotatable bonds is 6. The van der Waals surface area contributed by atoms with Gasteiger partial charge in [0.1, 0.15) is 0 Å². The molecule has 1 saturated heterocycles. The second kappa shape index (κ2) is 9.52. The topological polar surface area (TPSA) is 131 Å². The first kappa shape index (κ1) is 22.8. The first-order valence-electron chi connectivity index (χ1n) is 9.17. The first-order chi connectivity index (χ1) is 14.7. The van der Waals surface area contributed by atoms with Gasteiger partial charge in [0.25, 0.3) is 11.6 Å². The Kier molecular flexibility index (Phi) is 7.01. The number of hydrogen-bond donors (Lipinski definition) is 1. The number of morpholine rings is 1. The van der Waals surface area contributed by atoms with Crippen LogP contribution in [0.25, 0.3) is 0 Å². The second-order valence-corrected chi connectivity index (χ2v) is 8.98. The molecular formula is C19H19ClN4O6S. The third kappa shape index (κ3) is 5.25. The van der Waals surface area contributed by atoms with E-state index in [9.17, 15) is 23.3 Å². The van der Waals surface area contributed by atoms with Crippen molar-refractivity contribution < 1.29 is 22.9 Å². The minimum atomic E-state index is -3.76. The number of benzene rings is 2. The molecule has 0 atom stereocenters. The molecule has 1 fully saturated rings. The molecule has 2 aromatic rings. The average molecular weight is 467 g/mol. The van der Waals surface area contributed by atoms with Crippen molar-refractivity contribution in [2.75, 3.05) is 26.3 Å². The molecule has 0 aromatic heterocycles. The van der Waals surface area contributed by atoms with Crippen molar-refractivity contribution in [3.05, 3.63) is 68.7 Å². The van der Waals surface area contributed by atoms with Gasteiger partial charge in [-0.25, -0.2) is 13.8 Å². The van der Waals surface area contributed by atoms with E-state index in [0.717, 1.165) is 0 Å². The summed E-state index contributed by atoms with van der Waals surface area (Å²) in [5, 5.41) is 15.4. The fourth-order valence-corrected chi connectivity index (χ4v) is 4.58. The number of ether oxygens (including phenoxy) is 1. The minimum Gasteiger partial charge on any atom is -0.379 e. The summed E-state index contributed by atoms with van der Waals surface area (Å²) in [6.45, 7) is 2.58. The lowest BCUT2D eigenvalue weighted by Crippen LogP contribution is -2.40. The maximum atomic E-state index is 12.8. The Balaban J connectivity index is 1.81. The molecule has 164 valence electrons. The molecule has 1 N–H and O–H groups in total. The number of amides is 1. The molecular weight excluding hydrogens is 448 g/mol. The van der Waals surface area contributed by atoms with Crippen LogP contribution in [-0.4, -0.2) is 55.6 Å². The summed E-state index contributed by atoms with van der Waals surface area (Å²) in [5.41, 5.74) is 2.48.